The van der Waals surface area contributed by atoms with Gasteiger partial charge in [-0.25, -0.2) is 19.6 Å². The third-order valence-corrected chi connectivity index (χ3v) is 20.1. The van der Waals surface area contributed by atoms with Crippen LogP contribution in [0, 0.1) is 22.7 Å². The maximum atomic E-state index is 14.3. The van der Waals surface area contributed by atoms with Crippen LogP contribution in [-0.2, 0) is 34.5 Å². The SMILES string of the molecule is CC1(C)CCN2CCC(C)(C)c3c2c1cc1c(C#N)c(-c2nc4c(ccc5ccc(CCc6ccc7ccc8sc(-c9c(C#N)c%10cc%11c%12c(c%10oc9=O)C(C)(C)CCN%12CCC%11(C)C)nc8c7c6)cc54)s2)c(=O)oc31. The summed E-state index contributed by atoms with van der Waals surface area (Å²) in [6.07, 6.45) is 5.39. The van der Waals surface area contributed by atoms with E-state index in [1.165, 1.54) is 45.2 Å². The number of nitriles is 2. The molecule has 0 bridgehead atoms. The molecule has 0 radical (unpaired) electrons. The van der Waals surface area contributed by atoms with Crippen LogP contribution in [-0.4, -0.2) is 36.1 Å². The molecule has 378 valence electrons. The first-order valence-corrected chi connectivity index (χ1v) is 28.3. The first-order valence-electron chi connectivity index (χ1n) is 26.7. The van der Waals surface area contributed by atoms with Crippen LogP contribution in [0.3, 0.4) is 0 Å². The van der Waals surface area contributed by atoms with Gasteiger partial charge in [0.25, 0.3) is 0 Å². The molecule has 0 fully saturated rings. The van der Waals surface area contributed by atoms with Crippen molar-refractivity contribution in [2.75, 3.05) is 36.0 Å². The number of aryl methyl sites for hydroxylation is 2. The van der Waals surface area contributed by atoms with Gasteiger partial charge >= 0.3 is 11.3 Å². The van der Waals surface area contributed by atoms with Crippen molar-refractivity contribution in [3.63, 3.8) is 0 Å². The minimum atomic E-state index is -0.535. The van der Waals surface area contributed by atoms with Gasteiger partial charge in [0.15, 0.2) is 0 Å². The van der Waals surface area contributed by atoms with Crippen LogP contribution in [0.2, 0.25) is 0 Å². The second-order valence-corrected chi connectivity index (χ2v) is 26.6. The minimum Gasteiger partial charge on any atom is -0.422 e. The van der Waals surface area contributed by atoms with Gasteiger partial charge in [-0.15, -0.1) is 22.7 Å². The summed E-state index contributed by atoms with van der Waals surface area (Å²) in [6.45, 7) is 21.8. The molecule has 0 saturated heterocycles. The quantitative estimate of drug-likeness (QED) is 0.153. The average molecular weight is 1040 g/mol. The van der Waals surface area contributed by atoms with Gasteiger partial charge in [0.1, 0.15) is 44.4 Å². The summed E-state index contributed by atoms with van der Waals surface area (Å²) in [4.78, 5) is 43.8. The van der Waals surface area contributed by atoms with Crippen LogP contribution < -0.4 is 21.1 Å². The van der Waals surface area contributed by atoms with E-state index in [1.807, 2.05) is 0 Å². The van der Waals surface area contributed by atoms with E-state index in [0.29, 0.717) is 43.1 Å². The zero-order valence-electron chi connectivity index (χ0n) is 44.1. The monoisotopic (exact) mass is 1040 g/mol. The van der Waals surface area contributed by atoms with Crippen molar-refractivity contribution in [2.45, 2.75) is 116 Å². The first-order chi connectivity index (χ1) is 36.3. The van der Waals surface area contributed by atoms with Gasteiger partial charge in [0.05, 0.1) is 31.6 Å². The molecule has 14 rings (SSSR count). The number of aromatic nitrogens is 2. The van der Waals surface area contributed by atoms with Gasteiger partial charge in [0.2, 0.25) is 0 Å². The van der Waals surface area contributed by atoms with E-state index >= 15 is 0 Å². The standard InChI is InChI=1S/C64H56N6O4S2/c1-61(2)19-23-69-25-21-63(5,6)49-53(69)43(61)29-39-41(31-65)47(59(71)73-55(39)49)57-67-51-37-27-33(11-13-35(37)15-17-45(51)75-57)9-10-34-12-14-36-16-18-46-52(38(36)28-34)68-58(76-46)48-42(32-66)40-30-44-54-50(56(40)74-60(48)72)64(7,8)22-26-70(54)24-20-62(44,3)4/h11-18,27-30H,9-10,19-26H2,1-8H3. The molecule has 0 N–H and O–H groups in total. The van der Waals surface area contributed by atoms with E-state index in [9.17, 15) is 20.1 Å². The largest absolute Gasteiger partial charge is 0.422 e. The van der Waals surface area contributed by atoms with Crippen LogP contribution in [0.4, 0.5) is 11.4 Å². The molecule has 76 heavy (non-hydrogen) atoms. The van der Waals surface area contributed by atoms with Crippen LogP contribution in [0.25, 0.3) is 85.1 Å². The van der Waals surface area contributed by atoms with Gasteiger partial charge in [-0.1, -0.05) is 91.8 Å². The highest BCUT2D eigenvalue weighted by Crippen LogP contribution is 2.55. The smallest absolute Gasteiger partial charge is 0.348 e. The van der Waals surface area contributed by atoms with Crippen LogP contribution in [0.1, 0.15) is 126 Å². The predicted octanol–water partition coefficient (Wildman–Crippen LogP) is 14.6. The highest BCUT2D eigenvalue weighted by Gasteiger charge is 2.45. The third kappa shape index (κ3) is 6.78. The lowest BCUT2D eigenvalue weighted by atomic mass is 9.69. The Balaban J connectivity index is 0.812. The molecular formula is C64H56N6O4S2. The number of rotatable bonds is 5. The van der Waals surface area contributed by atoms with Crippen molar-refractivity contribution in [2.24, 2.45) is 0 Å². The second-order valence-electron chi connectivity index (χ2n) is 24.5. The number of benzene rings is 6. The summed E-state index contributed by atoms with van der Waals surface area (Å²) < 4.78 is 14.6. The summed E-state index contributed by atoms with van der Waals surface area (Å²) in [7, 11) is 0. The third-order valence-electron chi connectivity index (χ3n) is 18.0. The van der Waals surface area contributed by atoms with Gasteiger partial charge in [-0.05, 0) is 130 Å². The van der Waals surface area contributed by atoms with Gasteiger partial charge < -0.3 is 18.6 Å². The number of nitrogens with zero attached hydrogens (tertiary/aromatic N) is 6. The number of hydrogen-bond acceptors (Lipinski definition) is 12. The minimum absolute atomic E-state index is 0.109. The Hall–Kier alpha value is -7.38. The van der Waals surface area contributed by atoms with Gasteiger partial charge in [-0.2, -0.15) is 10.5 Å². The van der Waals surface area contributed by atoms with Crippen molar-refractivity contribution in [1.29, 1.82) is 10.5 Å². The van der Waals surface area contributed by atoms with E-state index in [2.05, 4.69) is 150 Å². The fourth-order valence-electron chi connectivity index (χ4n) is 13.4. The second kappa shape index (κ2) is 16.1. The number of hydrogen-bond donors (Lipinski definition) is 0. The Morgan fingerprint density at radius 3 is 1.30 bits per heavy atom. The Labute approximate surface area is 447 Å². The van der Waals surface area contributed by atoms with E-state index in [-0.39, 0.29) is 32.8 Å². The molecule has 0 spiro atoms. The Morgan fingerprint density at radius 1 is 0.526 bits per heavy atom. The Bertz CT molecular complexity index is 4190. The van der Waals surface area contributed by atoms with Crippen molar-refractivity contribution < 1.29 is 8.83 Å². The topological polar surface area (TPSA) is 140 Å². The fraction of sp³-hybridized carbons (Fsp3) is 0.344. The predicted molar refractivity (Wildman–Crippen MR) is 309 cm³/mol. The van der Waals surface area contributed by atoms with E-state index in [1.54, 1.807) is 0 Å². The maximum Gasteiger partial charge on any atom is 0.348 e. The summed E-state index contributed by atoms with van der Waals surface area (Å²) in [5, 5.41) is 28.3. The number of fused-ring (bicyclic) bond motifs is 10. The fourth-order valence-corrected chi connectivity index (χ4v) is 15.4. The highest BCUT2D eigenvalue weighted by atomic mass is 32.1. The lowest BCUT2D eigenvalue weighted by Crippen LogP contribution is -2.44. The molecule has 4 aliphatic heterocycles. The highest BCUT2D eigenvalue weighted by molar-refractivity contribution is 7.22. The summed E-state index contributed by atoms with van der Waals surface area (Å²) >= 11 is 2.84. The van der Waals surface area contributed by atoms with Gasteiger partial charge in [0, 0.05) is 70.2 Å². The molecule has 4 aliphatic rings. The summed E-state index contributed by atoms with van der Waals surface area (Å²) in [6, 6.07) is 30.5. The number of anilines is 2. The molecule has 0 saturated carbocycles. The molecule has 0 amide bonds. The van der Waals surface area contributed by atoms with Crippen molar-refractivity contribution in [3.8, 4) is 33.3 Å². The van der Waals surface area contributed by atoms with Crippen molar-refractivity contribution >= 4 is 98.0 Å². The Morgan fingerprint density at radius 2 is 0.908 bits per heavy atom. The lowest BCUT2D eigenvalue weighted by molar-refractivity contribution is 0.398. The molecule has 0 aliphatic carbocycles. The maximum absolute atomic E-state index is 14.3. The molecular weight excluding hydrogens is 981 g/mol. The first kappa shape index (κ1) is 47.1. The van der Waals surface area contributed by atoms with Crippen molar-refractivity contribution in [1.82, 2.24) is 9.97 Å². The zero-order valence-corrected chi connectivity index (χ0v) is 45.8. The number of thiazole rings is 2. The average Bonchev–Trinajstić information content (AvgIpc) is 4.16. The van der Waals surface area contributed by atoms with Crippen LogP contribution >= 0.6 is 22.7 Å². The molecule has 8 heterocycles. The van der Waals surface area contributed by atoms with Crippen LogP contribution in [0.15, 0.2) is 91.2 Å². The van der Waals surface area contributed by atoms with Crippen LogP contribution in [0.5, 0.6) is 0 Å². The molecule has 4 aromatic heterocycles. The van der Waals surface area contributed by atoms with E-state index < -0.39 is 11.3 Å². The summed E-state index contributed by atoms with van der Waals surface area (Å²) in [5.41, 5.74) is 11.1. The van der Waals surface area contributed by atoms with E-state index in [0.717, 1.165) is 129 Å². The van der Waals surface area contributed by atoms with Gasteiger partial charge in [-0.3, -0.25) is 0 Å². The van der Waals surface area contributed by atoms with E-state index in [4.69, 9.17) is 18.8 Å². The molecule has 10 nitrogen and oxygen atoms in total. The molecule has 12 heteroatoms. The summed E-state index contributed by atoms with van der Waals surface area (Å²) in [5.74, 6) is 0. The molecule has 0 unspecified atom stereocenters. The molecule has 6 aromatic carbocycles. The molecule has 10 aromatic rings. The normalized spacial score (nSPS) is 17.9. The Kier molecular flexibility index (Phi) is 9.96. The zero-order chi connectivity index (χ0) is 52.5. The lowest BCUT2D eigenvalue weighted by Gasteiger charge is -2.48. The molecule has 0 atom stereocenters. The van der Waals surface area contributed by atoms with Crippen molar-refractivity contribution in [3.05, 3.63) is 138 Å².